The second-order valence-electron chi connectivity index (χ2n) is 8.72. The van der Waals surface area contributed by atoms with Gasteiger partial charge in [0, 0.05) is 31.7 Å². The molecule has 1 aliphatic heterocycles. The number of ether oxygens (including phenoxy) is 4. The molecule has 1 aromatic carbocycles. The quantitative estimate of drug-likeness (QED) is 0.188. The topological polar surface area (TPSA) is 173 Å². The molecular formula is C23H24N6O8. The fourth-order valence-corrected chi connectivity index (χ4v) is 3.78. The van der Waals surface area contributed by atoms with Gasteiger partial charge in [-0.2, -0.15) is 10.2 Å². The summed E-state index contributed by atoms with van der Waals surface area (Å²) in [6.45, 7) is 0.503. The van der Waals surface area contributed by atoms with Gasteiger partial charge in [-0.25, -0.2) is 4.79 Å². The van der Waals surface area contributed by atoms with Crippen molar-refractivity contribution in [2.45, 2.75) is 44.2 Å². The van der Waals surface area contributed by atoms with Gasteiger partial charge in [-0.3, -0.25) is 24.7 Å². The minimum atomic E-state index is -0.946. The highest BCUT2D eigenvalue weighted by molar-refractivity contribution is 6.02. The maximum absolute atomic E-state index is 12.7. The van der Waals surface area contributed by atoms with Crippen LogP contribution in [0.1, 0.15) is 47.2 Å². The number of aromatic amines is 1. The third-order valence-corrected chi connectivity index (χ3v) is 5.81. The summed E-state index contributed by atoms with van der Waals surface area (Å²) in [5.41, 5.74) is 1.54. The predicted molar refractivity (Wildman–Crippen MR) is 125 cm³/mol. The molecule has 14 nitrogen and oxygen atoms in total. The molecule has 2 fully saturated rings. The average molecular weight is 512 g/mol. The van der Waals surface area contributed by atoms with Crippen molar-refractivity contribution in [3.8, 4) is 5.75 Å². The number of nitrogens with zero attached hydrogens (tertiary/aromatic N) is 4. The van der Waals surface area contributed by atoms with Crippen LogP contribution in [0.15, 0.2) is 36.4 Å². The number of benzene rings is 1. The largest absolute Gasteiger partial charge is 0.514 e. The minimum Gasteiger partial charge on any atom is -0.428 e. The van der Waals surface area contributed by atoms with E-state index in [1.54, 1.807) is 19.2 Å². The van der Waals surface area contributed by atoms with Crippen LogP contribution >= 0.6 is 0 Å². The molecule has 2 unspecified atom stereocenters. The zero-order valence-corrected chi connectivity index (χ0v) is 19.8. The number of carbonyl (C=O) groups excluding carboxylic acids is 2. The molecule has 1 amide bonds. The van der Waals surface area contributed by atoms with Crippen molar-refractivity contribution in [3.63, 3.8) is 0 Å². The SMILES string of the molecule is Cn1nc(COC2CC2)cc1C(=O)Nc1cc(C2CC(OC(=O)Oc3ccc([N+](=O)[O-])cc3)CO2)[nH]n1. The smallest absolute Gasteiger partial charge is 0.428 e. The molecule has 1 aliphatic carbocycles. The Morgan fingerprint density at radius 3 is 2.76 bits per heavy atom. The fraction of sp³-hybridized carbons (Fsp3) is 0.391. The minimum absolute atomic E-state index is 0.119. The maximum Gasteiger partial charge on any atom is 0.514 e. The molecule has 37 heavy (non-hydrogen) atoms. The first kappa shape index (κ1) is 24.4. The lowest BCUT2D eigenvalue weighted by atomic mass is 10.1. The maximum atomic E-state index is 12.7. The molecule has 2 aromatic heterocycles. The third kappa shape index (κ3) is 6.10. The summed E-state index contributed by atoms with van der Waals surface area (Å²) < 4.78 is 23.2. The fourth-order valence-electron chi connectivity index (χ4n) is 3.78. The van der Waals surface area contributed by atoms with Crippen molar-refractivity contribution in [2.24, 2.45) is 7.05 Å². The van der Waals surface area contributed by atoms with Crippen molar-refractivity contribution < 1.29 is 33.5 Å². The number of carbonyl (C=O) groups is 2. The first-order chi connectivity index (χ1) is 17.8. The summed E-state index contributed by atoms with van der Waals surface area (Å²) in [5.74, 6) is 0.0618. The first-order valence-corrected chi connectivity index (χ1v) is 11.6. The molecule has 1 saturated heterocycles. The number of hydrogen-bond acceptors (Lipinski definition) is 10. The van der Waals surface area contributed by atoms with Gasteiger partial charge in [0.05, 0.1) is 35.6 Å². The van der Waals surface area contributed by atoms with Crippen LogP contribution in [0.25, 0.3) is 0 Å². The monoisotopic (exact) mass is 512 g/mol. The van der Waals surface area contributed by atoms with Gasteiger partial charge in [0.1, 0.15) is 23.7 Å². The van der Waals surface area contributed by atoms with Crippen LogP contribution in [-0.4, -0.2) is 55.8 Å². The van der Waals surface area contributed by atoms with Crippen LogP contribution in [-0.2, 0) is 27.9 Å². The molecule has 14 heteroatoms. The summed E-state index contributed by atoms with van der Waals surface area (Å²) in [5, 5.41) is 24.7. The van der Waals surface area contributed by atoms with Gasteiger partial charge in [-0.05, 0) is 31.0 Å². The van der Waals surface area contributed by atoms with Crippen LogP contribution in [0.3, 0.4) is 0 Å². The molecule has 2 aliphatic rings. The number of nitrogens with one attached hydrogen (secondary N) is 2. The van der Waals surface area contributed by atoms with Crippen LogP contribution in [0.5, 0.6) is 5.75 Å². The Kier molecular flexibility index (Phi) is 6.83. The number of hydrogen-bond donors (Lipinski definition) is 2. The molecule has 5 rings (SSSR count). The molecule has 0 radical (unpaired) electrons. The highest BCUT2D eigenvalue weighted by Gasteiger charge is 2.32. The van der Waals surface area contributed by atoms with Gasteiger partial charge in [-0.15, -0.1) is 0 Å². The summed E-state index contributed by atoms with van der Waals surface area (Å²) in [6, 6.07) is 8.40. The van der Waals surface area contributed by atoms with E-state index < -0.39 is 23.3 Å². The number of H-pyrrole nitrogens is 1. The predicted octanol–water partition coefficient (Wildman–Crippen LogP) is 3.03. The van der Waals surface area contributed by atoms with E-state index in [2.05, 4.69) is 20.6 Å². The molecule has 3 heterocycles. The zero-order chi connectivity index (χ0) is 25.9. The van der Waals surface area contributed by atoms with E-state index in [0.717, 1.165) is 12.8 Å². The summed E-state index contributed by atoms with van der Waals surface area (Å²) in [4.78, 5) is 34.9. The normalized spacial score (nSPS) is 18.9. The lowest BCUT2D eigenvalue weighted by Gasteiger charge is -2.10. The van der Waals surface area contributed by atoms with Crippen molar-refractivity contribution in [3.05, 3.63) is 63.6 Å². The van der Waals surface area contributed by atoms with Crippen LogP contribution in [0, 0.1) is 10.1 Å². The van der Waals surface area contributed by atoms with Gasteiger partial charge < -0.3 is 24.3 Å². The van der Waals surface area contributed by atoms with E-state index in [1.807, 2.05) is 0 Å². The van der Waals surface area contributed by atoms with Crippen molar-refractivity contribution in [2.75, 3.05) is 11.9 Å². The number of nitro benzene ring substituents is 1. The van der Waals surface area contributed by atoms with E-state index in [0.29, 0.717) is 42.0 Å². The van der Waals surface area contributed by atoms with Crippen molar-refractivity contribution in [1.29, 1.82) is 0 Å². The van der Waals surface area contributed by atoms with E-state index in [-0.39, 0.29) is 24.0 Å². The molecule has 194 valence electrons. The number of rotatable bonds is 9. The Balaban J connectivity index is 1.10. The van der Waals surface area contributed by atoms with E-state index in [4.69, 9.17) is 18.9 Å². The lowest BCUT2D eigenvalue weighted by molar-refractivity contribution is -0.384. The standard InChI is InChI=1S/C23H24N6O8/c1-28-19(8-13(27-28)11-34-15-6-7-15)22(30)24-21-10-18(25-26-21)20-9-17(12-35-20)37-23(31)36-16-4-2-14(3-5-16)29(32)33/h2-5,8,10,15,17,20H,6-7,9,11-12H2,1H3,(H2,24,25,26,30). The molecule has 1 saturated carbocycles. The van der Waals surface area contributed by atoms with E-state index in [9.17, 15) is 19.7 Å². The van der Waals surface area contributed by atoms with Gasteiger partial charge in [-0.1, -0.05) is 0 Å². The van der Waals surface area contributed by atoms with Gasteiger partial charge in [0.15, 0.2) is 5.82 Å². The number of aryl methyl sites for hydroxylation is 1. The Morgan fingerprint density at radius 2 is 2.03 bits per heavy atom. The number of amides is 1. The Hall–Kier alpha value is -4.30. The molecule has 0 spiro atoms. The summed E-state index contributed by atoms with van der Waals surface area (Å²) in [6.07, 6.45) is 0.818. The third-order valence-electron chi connectivity index (χ3n) is 5.81. The highest BCUT2D eigenvalue weighted by atomic mass is 16.7. The highest BCUT2D eigenvalue weighted by Crippen LogP contribution is 2.31. The number of nitro groups is 1. The van der Waals surface area contributed by atoms with Crippen molar-refractivity contribution in [1.82, 2.24) is 20.0 Å². The second-order valence-corrected chi connectivity index (χ2v) is 8.72. The van der Waals surface area contributed by atoms with Crippen molar-refractivity contribution >= 4 is 23.6 Å². The van der Waals surface area contributed by atoms with Crippen LogP contribution in [0.4, 0.5) is 16.3 Å². The Bertz CT molecular complexity index is 1300. The number of anilines is 1. The lowest BCUT2D eigenvalue weighted by Crippen LogP contribution is -2.20. The zero-order valence-electron chi connectivity index (χ0n) is 19.8. The second kappa shape index (κ2) is 10.4. The van der Waals surface area contributed by atoms with Crippen LogP contribution in [0.2, 0.25) is 0 Å². The molecule has 3 aromatic rings. The molecule has 0 bridgehead atoms. The summed E-state index contributed by atoms with van der Waals surface area (Å²) in [7, 11) is 1.69. The van der Waals surface area contributed by atoms with Gasteiger partial charge in [0.2, 0.25) is 0 Å². The van der Waals surface area contributed by atoms with Crippen LogP contribution < -0.4 is 10.1 Å². The number of non-ortho nitro benzene ring substituents is 1. The molecule has 2 atom stereocenters. The Morgan fingerprint density at radius 1 is 1.24 bits per heavy atom. The van der Waals surface area contributed by atoms with Gasteiger partial charge >= 0.3 is 6.16 Å². The first-order valence-electron chi connectivity index (χ1n) is 11.6. The van der Waals surface area contributed by atoms with Gasteiger partial charge in [0.25, 0.3) is 11.6 Å². The number of aromatic nitrogens is 4. The van der Waals surface area contributed by atoms with E-state index >= 15 is 0 Å². The summed E-state index contributed by atoms with van der Waals surface area (Å²) >= 11 is 0. The molecular weight excluding hydrogens is 488 g/mol. The Labute approximate surface area is 210 Å². The molecule has 2 N–H and O–H groups in total. The van der Waals surface area contributed by atoms with E-state index in [1.165, 1.54) is 28.9 Å². The average Bonchev–Trinajstić information content (AvgIpc) is 3.21.